The Hall–Kier alpha value is -2.68. The molecule has 0 aliphatic carbocycles. The van der Waals surface area contributed by atoms with E-state index >= 15 is 0 Å². The van der Waals surface area contributed by atoms with Gasteiger partial charge in [0.05, 0.1) is 0 Å². The average Bonchev–Trinajstić information content (AvgIpc) is 3.04. The molecule has 9 heteroatoms. The molecule has 162 valence electrons. The molecule has 2 rings (SSSR count). The van der Waals surface area contributed by atoms with Gasteiger partial charge in [-0.05, 0) is 44.5 Å². The zero-order chi connectivity index (χ0) is 22.7. The number of sulfone groups is 1. The van der Waals surface area contributed by atoms with E-state index in [1.54, 1.807) is 19.1 Å². The highest BCUT2D eigenvalue weighted by Crippen LogP contribution is 2.41. The van der Waals surface area contributed by atoms with Gasteiger partial charge < -0.3 is 0 Å². The van der Waals surface area contributed by atoms with Crippen molar-refractivity contribution < 1.29 is 26.0 Å². The molecule has 1 heterocycles. The number of alkyl halides is 3. The number of allylic oxidation sites excluding steroid dienone is 6. The molecule has 0 N–H and O–H groups in total. The summed E-state index contributed by atoms with van der Waals surface area (Å²) in [7, 11) is -3.45. The lowest BCUT2D eigenvalue weighted by atomic mass is 9.98. The normalized spacial score (nSPS) is 14.0. The molecule has 0 amide bonds. The van der Waals surface area contributed by atoms with E-state index in [9.17, 15) is 26.0 Å². The number of rotatable bonds is 6. The minimum absolute atomic E-state index is 0.0198. The van der Waals surface area contributed by atoms with Crippen molar-refractivity contribution in [1.29, 1.82) is 0 Å². The summed E-state index contributed by atoms with van der Waals surface area (Å²) in [6.07, 6.45) is 2.22. The minimum atomic E-state index is -4.70. The van der Waals surface area contributed by atoms with Gasteiger partial charge in [0.2, 0.25) is 0 Å². The summed E-state index contributed by atoms with van der Waals surface area (Å²) in [5, 5.41) is 4.16. The molecule has 0 saturated carbocycles. The van der Waals surface area contributed by atoms with Crippen LogP contribution in [-0.2, 0) is 22.6 Å². The third-order valence-corrected chi connectivity index (χ3v) is 5.66. The highest BCUT2D eigenvalue weighted by atomic mass is 32.2. The summed E-state index contributed by atoms with van der Waals surface area (Å²) in [4.78, 5) is 0.0544. The van der Waals surface area contributed by atoms with E-state index in [0.717, 1.165) is 23.1 Å². The van der Waals surface area contributed by atoms with E-state index < -0.39 is 27.5 Å². The van der Waals surface area contributed by atoms with Crippen molar-refractivity contribution in [1.82, 2.24) is 9.78 Å². The number of aryl methyl sites for hydroxylation is 1. The first kappa shape index (κ1) is 23.6. The van der Waals surface area contributed by atoms with Gasteiger partial charge in [-0.3, -0.25) is 4.68 Å². The Morgan fingerprint density at radius 3 is 2.23 bits per heavy atom. The largest absolute Gasteiger partial charge is 0.433 e. The topological polar surface area (TPSA) is 52.0 Å². The summed E-state index contributed by atoms with van der Waals surface area (Å²) in [6.45, 7) is 4.57. The molecular weight excluding hydrogens is 420 g/mol. The molecule has 0 radical (unpaired) electrons. The molecule has 0 spiro atoms. The van der Waals surface area contributed by atoms with E-state index in [0.29, 0.717) is 0 Å². The fourth-order valence-corrected chi connectivity index (χ4v) is 3.11. The number of benzene rings is 1. The predicted octanol–water partition coefficient (Wildman–Crippen LogP) is 5.64. The van der Waals surface area contributed by atoms with Crippen LogP contribution in [0.3, 0.4) is 0 Å². The van der Waals surface area contributed by atoms with Gasteiger partial charge in [-0.25, -0.2) is 12.8 Å². The van der Waals surface area contributed by atoms with Gasteiger partial charge in [0.15, 0.2) is 15.5 Å². The Morgan fingerprint density at radius 1 is 1.17 bits per heavy atom. The zero-order valence-electron chi connectivity index (χ0n) is 17.0. The van der Waals surface area contributed by atoms with Gasteiger partial charge in [-0.15, -0.1) is 0 Å². The number of hydrogen-bond donors (Lipinski definition) is 0. The first-order chi connectivity index (χ1) is 13.9. The molecule has 0 aliphatic heterocycles. The maximum Gasteiger partial charge on any atom is 0.433 e. The molecule has 0 aliphatic rings. The van der Waals surface area contributed by atoms with Crippen LogP contribution >= 0.6 is 0 Å². The van der Waals surface area contributed by atoms with Crippen LogP contribution in [0.25, 0.3) is 16.7 Å². The molecule has 1 aromatic carbocycles. The van der Waals surface area contributed by atoms with Crippen molar-refractivity contribution in [3.63, 3.8) is 0 Å². The summed E-state index contributed by atoms with van der Waals surface area (Å²) in [6, 6.07) is 4.68. The SMILES string of the molecule is C\C=C/C(=C\C=C(/C)S(C)(=O)=O)c1nn(CC)c(C(F)(F)F)c1-c1ccc(F)cc1. The second-order valence-corrected chi connectivity index (χ2v) is 8.75. The molecule has 0 unspecified atom stereocenters. The van der Waals surface area contributed by atoms with Crippen LogP contribution in [0, 0.1) is 5.82 Å². The van der Waals surface area contributed by atoms with Gasteiger partial charge in [-0.1, -0.05) is 30.4 Å². The summed E-state index contributed by atoms with van der Waals surface area (Å²) >= 11 is 0. The lowest BCUT2D eigenvalue weighted by molar-refractivity contribution is -0.143. The lowest BCUT2D eigenvalue weighted by Crippen LogP contribution is -2.14. The van der Waals surface area contributed by atoms with Crippen molar-refractivity contribution in [2.75, 3.05) is 6.26 Å². The molecule has 30 heavy (non-hydrogen) atoms. The van der Waals surface area contributed by atoms with Crippen molar-refractivity contribution in [2.24, 2.45) is 0 Å². The van der Waals surface area contributed by atoms with Gasteiger partial charge >= 0.3 is 6.18 Å². The molecule has 0 saturated heterocycles. The zero-order valence-corrected chi connectivity index (χ0v) is 17.8. The van der Waals surface area contributed by atoms with Crippen LogP contribution < -0.4 is 0 Å². The lowest BCUT2D eigenvalue weighted by Gasteiger charge is -2.12. The standard InChI is InChI=1S/C21H22F4N2O2S/c1-5-7-16(9-8-14(3)30(4,28)29)19-18(15-10-12-17(22)13-11-15)20(21(23,24)25)27(6-2)26-19/h5,7-13H,6H2,1-4H3/b7-5-,14-8+,16-9+. The molecule has 0 fully saturated rings. The number of halogens is 4. The predicted molar refractivity (Wildman–Crippen MR) is 110 cm³/mol. The van der Waals surface area contributed by atoms with Crippen LogP contribution in [0.2, 0.25) is 0 Å². The molecular formula is C21H22F4N2O2S. The van der Waals surface area contributed by atoms with Crippen LogP contribution in [0.1, 0.15) is 32.2 Å². The Bertz CT molecular complexity index is 1110. The van der Waals surface area contributed by atoms with Gasteiger partial charge in [0.25, 0.3) is 0 Å². The summed E-state index contributed by atoms with van der Waals surface area (Å²) in [5.41, 5.74) is -0.688. The first-order valence-corrected chi connectivity index (χ1v) is 10.9. The highest BCUT2D eigenvalue weighted by molar-refractivity contribution is 7.94. The molecule has 1 aromatic heterocycles. The molecule has 0 bridgehead atoms. The van der Waals surface area contributed by atoms with E-state index in [1.807, 2.05) is 0 Å². The monoisotopic (exact) mass is 442 g/mol. The van der Waals surface area contributed by atoms with Gasteiger partial charge in [-0.2, -0.15) is 18.3 Å². The first-order valence-electron chi connectivity index (χ1n) is 9.05. The van der Waals surface area contributed by atoms with Crippen LogP contribution in [0.5, 0.6) is 0 Å². The number of hydrogen-bond acceptors (Lipinski definition) is 3. The van der Waals surface area contributed by atoms with E-state index in [4.69, 9.17) is 0 Å². The Morgan fingerprint density at radius 2 is 1.77 bits per heavy atom. The van der Waals surface area contributed by atoms with Crippen LogP contribution in [0.4, 0.5) is 17.6 Å². The molecule has 2 aromatic rings. The van der Waals surface area contributed by atoms with Crippen molar-refractivity contribution in [3.05, 3.63) is 70.7 Å². The van der Waals surface area contributed by atoms with Gasteiger partial charge in [0.1, 0.15) is 11.5 Å². The second-order valence-electron chi connectivity index (χ2n) is 6.56. The van der Waals surface area contributed by atoms with E-state index in [2.05, 4.69) is 5.10 Å². The van der Waals surface area contributed by atoms with Crippen molar-refractivity contribution in [2.45, 2.75) is 33.5 Å². The van der Waals surface area contributed by atoms with Crippen LogP contribution in [0.15, 0.2) is 53.5 Å². The maximum atomic E-state index is 13.9. The quantitative estimate of drug-likeness (QED) is 0.430. The third-order valence-electron chi connectivity index (χ3n) is 4.36. The van der Waals surface area contributed by atoms with Crippen LogP contribution in [-0.4, -0.2) is 24.5 Å². The number of nitrogens with zero attached hydrogens (tertiary/aromatic N) is 2. The number of aromatic nitrogens is 2. The summed E-state index contributed by atoms with van der Waals surface area (Å²) < 4.78 is 79.4. The minimum Gasteiger partial charge on any atom is -0.260 e. The summed E-state index contributed by atoms with van der Waals surface area (Å²) in [5.74, 6) is -0.576. The highest BCUT2D eigenvalue weighted by Gasteiger charge is 2.40. The fourth-order valence-electron chi connectivity index (χ4n) is 2.79. The van der Waals surface area contributed by atoms with E-state index in [1.165, 1.54) is 38.1 Å². The molecule has 0 atom stereocenters. The Kier molecular flexibility index (Phi) is 7.07. The fraction of sp³-hybridized carbons (Fsp3) is 0.286. The smallest absolute Gasteiger partial charge is 0.260 e. The third kappa shape index (κ3) is 5.27. The Balaban J connectivity index is 2.89. The van der Waals surface area contributed by atoms with Gasteiger partial charge in [0, 0.05) is 28.8 Å². The maximum absolute atomic E-state index is 13.9. The Labute approximate surface area is 173 Å². The average molecular weight is 442 g/mol. The van der Waals surface area contributed by atoms with Crippen molar-refractivity contribution >= 4 is 15.4 Å². The van der Waals surface area contributed by atoms with Crippen molar-refractivity contribution in [3.8, 4) is 11.1 Å². The molecule has 4 nitrogen and oxygen atoms in total. The second kappa shape index (κ2) is 8.99. The van der Waals surface area contributed by atoms with E-state index in [-0.39, 0.29) is 33.8 Å².